The zero-order valence-electron chi connectivity index (χ0n) is 13.2. The summed E-state index contributed by atoms with van der Waals surface area (Å²) in [5.41, 5.74) is 3.51. The van der Waals surface area contributed by atoms with Crippen LogP contribution in [0.2, 0.25) is 0 Å². The third-order valence-corrected chi connectivity index (χ3v) is 3.70. The van der Waals surface area contributed by atoms with Crippen molar-refractivity contribution < 1.29 is 9.53 Å². The molecule has 0 spiro atoms. The summed E-state index contributed by atoms with van der Waals surface area (Å²) in [5.74, 6) is 1.59. The highest BCUT2D eigenvalue weighted by Crippen LogP contribution is 2.14. The van der Waals surface area contributed by atoms with Crippen molar-refractivity contribution in [1.29, 1.82) is 0 Å². The highest BCUT2D eigenvalue weighted by Gasteiger charge is 2.08. The van der Waals surface area contributed by atoms with Gasteiger partial charge < -0.3 is 15.0 Å². The molecule has 1 heterocycles. The molecule has 0 unspecified atom stereocenters. The minimum atomic E-state index is -0.0814. The molecule has 0 saturated heterocycles. The van der Waals surface area contributed by atoms with Crippen LogP contribution in [0.5, 0.6) is 5.75 Å². The zero-order valence-corrected chi connectivity index (χ0v) is 13.2. The lowest BCUT2D eigenvalue weighted by Crippen LogP contribution is -2.25. The van der Waals surface area contributed by atoms with Crippen LogP contribution in [0.3, 0.4) is 0 Å². The van der Waals surface area contributed by atoms with Gasteiger partial charge in [0.2, 0.25) is 0 Å². The Morgan fingerprint density at radius 3 is 2.96 bits per heavy atom. The molecule has 0 bridgehead atoms. The molecular formula is C18H19N3O2. The van der Waals surface area contributed by atoms with E-state index in [0.717, 1.165) is 34.6 Å². The first kappa shape index (κ1) is 15.1. The molecule has 2 aromatic carbocycles. The van der Waals surface area contributed by atoms with Gasteiger partial charge in [-0.3, -0.25) is 4.79 Å². The number of amides is 1. The largest absolute Gasteiger partial charge is 0.497 e. The van der Waals surface area contributed by atoms with Gasteiger partial charge in [0, 0.05) is 12.1 Å². The number of carbonyl (C=O) groups excluding carboxylic acids is 1. The number of nitrogens with zero attached hydrogens (tertiary/aromatic N) is 1. The lowest BCUT2D eigenvalue weighted by atomic mass is 10.1. The predicted octanol–water partition coefficient (Wildman–Crippen LogP) is 2.85. The maximum atomic E-state index is 12.2. The van der Waals surface area contributed by atoms with E-state index in [0.29, 0.717) is 12.1 Å². The van der Waals surface area contributed by atoms with E-state index in [9.17, 15) is 4.79 Å². The Hall–Kier alpha value is -2.82. The Morgan fingerprint density at radius 2 is 2.13 bits per heavy atom. The standard InChI is InChI=1S/C18H19N3O2/c1-12-20-16-7-6-14(11-17(16)21-12)18(22)19-9-8-13-4-3-5-15(10-13)23-2/h3-7,10-11H,8-9H2,1-2H3,(H,19,22)(H,20,21). The molecule has 0 aliphatic heterocycles. The predicted molar refractivity (Wildman–Crippen MR) is 89.9 cm³/mol. The third kappa shape index (κ3) is 3.51. The van der Waals surface area contributed by atoms with Gasteiger partial charge in [0.25, 0.3) is 5.91 Å². The lowest BCUT2D eigenvalue weighted by molar-refractivity contribution is 0.0954. The molecule has 0 aliphatic rings. The Morgan fingerprint density at radius 1 is 1.26 bits per heavy atom. The Balaban J connectivity index is 1.61. The van der Waals surface area contributed by atoms with Crippen LogP contribution in [0.1, 0.15) is 21.7 Å². The molecular weight excluding hydrogens is 290 g/mol. The number of H-pyrrole nitrogens is 1. The maximum absolute atomic E-state index is 12.2. The van der Waals surface area contributed by atoms with E-state index < -0.39 is 0 Å². The molecule has 1 amide bonds. The SMILES string of the molecule is COc1cccc(CCNC(=O)c2ccc3nc(C)[nH]c3c2)c1. The lowest BCUT2D eigenvalue weighted by Gasteiger charge is -2.07. The number of rotatable bonds is 5. The molecule has 0 radical (unpaired) electrons. The Kier molecular flexibility index (Phi) is 4.28. The minimum Gasteiger partial charge on any atom is -0.497 e. The van der Waals surface area contributed by atoms with Crippen molar-refractivity contribution in [2.24, 2.45) is 0 Å². The molecule has 0 aliphatic carbocycles. The highest BCUT2D eigenvalue weighted by atomic mass is 16.5. The second-order valence-corrected chi connectivity index (χ2v) is 5.41. The number of aryl methyl sites for hydroxylation is 1. The van der Waals surface area contributed by atoms with E-state index in [1.807, 2.05) is 43.3 Å². The summed E-state index contributed by atoms with van der Waals surface area (Å²) >= 11 is 0. The number of hydrogen-bond acceptors (Lipinski definition) is 3. The van der Waals surface area contributed by atoms with Crippen molar-refractivity contribution in [3.8, 4) is 5.75 Å². The van der Waals surface area contributed by atoms with E-state index in [-0.39, 0.29) is 5.91 Å². The molecule has 2 N–H and O–H groups in total. The molecule has 118 valence electrons. The number of aromatic amines is 1. The van der Waals surface area contributed by atoms with Crippen LogP contribution < -0.4 is 10.1 Å². The first-order valence-corrected chi connectivity index (χ1v) is 7.53. The van der Waals surface area contributed by atoms with Crippen molar-refractivity contribution in [1.82, 2.24) is 15.3 Å². The van der Waals surface area contributed by atoms with Crippen molar-refractivity contribution in [2.45, 2.75) is 13.3 Å². The molecule has 5 heteroatoms. The fourth-order valence-electron chi connectivity index (χ4n) is 2.53. The van der Waals surface area contributed by atoms with Gasteiger partial charge in [-0.2, -0.15) is 0 Å². The number of carbonyl (C=O) groups is 1. The van der Waals surface area contributed by atoms with E-state index in [1.54, 1.807) is 13.2 Å². The number of imidazole rings is 1. The van der Waals surface area contributed by atoms with E-state index >= 15 is 0 Å². The zero-order chi connectivity index (χ0) is 16.2. The average Bonchev–Trinajstić information content (AvgIpc) is 2.94. The monoisotopic (exact) mass is 309 g/mol. The normalized spacial score (nSPS) is 10.7. The van der Waals surface area contributed by atoms with Gasteiger partial charge in [0.05, 0.1) is 18.1 Å². The number of aromatic nitrogens is 2. The fourth-order valence-corrected chi connectivity index (χ4v) is 2.53. The van der Waals surface area contributed by atoms with E-state index in [4.69, 9.17) is 4.74 Å². The first-order valence-electron chi connectivity index (χ1n) is 7.53. The quantitative estimate of drug-likeness (QED) is 0.761. The van der Waals surface area contributed by atoms with E-state index in [2.05, 4.69) is 15.3 Å². The van der Waals surface area contributed by atoms with Gasteiger partial charge in [-0.15, -0.1) is 0 Å². The van der Waals surface area contributed by atoms with Crippen LogP contribution in [0, 0.1) is 6.92 Å². The van der Waals surface area contributed by atoms with Crippen LogP contribution >= 0.6 is 0 Å². The molecule has 1 aromatic heterocycles. The Bertz CT molecular complexity index is 839. The van der Waals surface area contributed by atoms with Crippen LogP contribution in [-0.2, 0) is 6.42 Å². The van der Waals surface area contributed by atoms with Crippen LogP contribution in [0.4, 0.5) is 0 Å². The van der Waals surface area contributed by atoms with Gasteiger partial charge in [-0.1, -0.05) is 12.1 Å². The second-order valence-electron chi connectivity index (χ2n) is 5.41. The number of nitrogens with one attached hydrogen (secondary N) is 2. The smallest absolute Gasteiger partial charge is 0.251 e. The van der Waals surface area contributed by atoms with Gasteiger partial charge in [-0.25, -0.2) is 4.98 Å². The molecule has 5 nitrogen and oxygen atoms in total. The van der Waals surface area contributed by atoms with Gasteiger partial charge in [-0.05, 0) is 49.2 Å². The van der Waals surface area contributed by atoms with Crippen LogP contribution in [0.25, 0.3) is 11.0 Å². The first-order chi connectivity index (χ1) is 11.2. The highest BCUT2D eigenvalue weighted by molar-refractivity contribution is 5.97. The number of fused-ring (bicyclic) bond motifs is 1. The van der Waals surface area contributed by atoms with Crippen LogP contribution in [0.15, 0.2) is 42.5 Å². The number of hydrogen-bond donors (Lipinski definition) is 2. The number of methoxy groups -OCH3 is 1. The van der Waals surface area contributed by atoms with Crippen LogP contribution in [-0.4, -0.2) is 29.5 Å². The average molecular weight is 309 g/mol. The Labute approximate surface area is 134 Å². The topological polar surface area (TPSA) is 67.0 Å². The molecule has 23 heavy (non-hydrogen) atoms. The van der Waals surface area contributed by atoms with Gasteiger partial charge in [0.1, 0.15) is 11.6 Å². The third-order valence-electron chi connectivity index (χ3n) is 3.70. The summed E-state index contributed by atoms with van der Waals surface area (Å²) in [4.78, 5) is 19.7. The summed E-state index contributed by atoms with van der Waals surface area (Å²) < 4.78 is 5.20. The van der Waals surface area contributed by atoms with Crippen molar-refractivity contribution in [3.63, 3.8) is 0 Å². The molecule has 3 aromatic rings. The summed E-state index contributed by atoms with van der Waals surface area (Å²) in [6.07, 6.45) is 0.758. The van der Waals surface area contributed by atoms with Crippen molar-refractivity contribution >= 4 is 16.9 Å². The summed E-state index contributed by atoms with van der Waals surface area (Å²) in [5, 5.41) is 2.94. The molecule has 0 fully saturated rings. The minimum absolute atomic E-state index is 0.0814. The summed E-state index contributed by atoms with van der Waals surface area (Å²) in [6.45, 7) is 2.47. The maximum Gasteiger partial charge on any atom is 0.251 e. The number of benzene rings is 2. The molecule has 3 rings (SSSR count). The van der Waals surface area contributed by atoms with Crippen molar-refractivity contribution in [3.05, 3.63) is 59.4 Å². The second kappa shape index (κ2) is 6.52. The summed E-state index contributed by atoms with van der Waals surface area (Å²) in [7, 11) is 1.65. The van der Waals surface area contributed by atoms with Gasteiger partial charge in [0.15, 0.2) is 0 Å². The van der Waals surface area contributed by atoms with Crippen molar-refractivity contribution in [2.75, 3.05) is 13.7 Å². The van der Waals surface area contributed by atoms with E-state index in [1.165, 1.54) is 0 Å². The molecule has 0 atom stereocenters. The van der Waals surface area contributed by atoms with Gasteiger partial charge >= 0.3 is 0 Å². The molecule has 0 saturated carbocycles. The summed E-state index contributed by atoms with van der Waals surface area (Å²) in [6, 6.07) is 13.3. The number of ether oxygens (including phenoxy) is 1. The fraction of sp³-hybridized carbons (Fsp3) is 0.222.